The Labute approximate surface area is 162 Å². The summed E-state index contributed by atoms with van der Waals surface area (Å²) in [6.07, 6.45) is 4.63. The van der Waals surface area contributed by atoms with Crippen LogP contribution in [0.15, 0.2) is 72.9 Å². The van der Waals surface area contributed by atoms with Gasteiger partial charge >= 0.3 is 0 Å². The monoisotopic (exact) mass is 376 g/mol. The Morgan fingerprint density at radius 2 is 1.74 bits per heavy atom. The minimum atomic E-state index is -0.291. The van der Waals surface area contributed by atoms with Crippen LogP contribution in [0.5, 0.6) is 0 Å². The maximum absolute atomic E-state index is 12.4. The molecule has 0 aliphatic heterocycles. The van der Waals surface area contributed by atoms with E-state index in [1.165, 1.54) is 12.3 Å². The summed E-state index contributed by atoms with van der Waals surface area (Å²) in [5, 5.41) is 3.25. The molecule has 4 nitrogen and oxygen atoms in total. The van der Waals surface area contributed by atoms with Crippen LogP contribution in [0, 0.1) is 6.92 Å². The number of benzene rings is 2. The molecule has 0 saturated heterocycles. The molecule has 3 aromatic rings. The quantitative estimate of drug-likeness (QED) is 0.507. The lowest BCUT2D eigenvalue weighted by atomic mass is 10.1. The number of pyridine rings is 1. The fourth-order valence-electron chi connectivity index (χ4n) is 2.48. The van der Waals surface area contributed by atoms with Gasteiger partial charge in [-0.2, -0.15) is 0 Å². The highest BCUT2D eigenvalue weighted by molar-refractivity contribution is 6.30. The van der Waals surface area contributed by atoms with Gasteiger partial charge in [-0.25, -0.2) is 4.98 Å². The molecule has 0 atom stereocenters. The number of carbonyl (C=O) groups excluding carboxylic acids is 2. The molecule has 3 rings (SSSR count). The number of amides is 1. The van der Waals surface area contributed by atoms with Crippen LogP contribution in [-0.2, 0) is 4.79 Å². The zero-order valence-corrected chi connectivity index (χ0v) is 15.4. The summed E-state index contributed by atoms with van der Waals surface area (Å²) in [6, 6.07) is 17.7. The smallest absolute Gasteiger partial charge is 0.249 e. The van der Waals surface area contributed by atoms with Gasteiger partial charge in [0, 0.05) is 28.4 Å². The van der Waals surface area contributed by atoms with Crippen molar-refractivity contribution < 1.29 is 9.59 Å². The Bertz CT molecular complexity index is 994. The molecule has 0 radical (unpaired) electrons. The maximum Gasteiger partial charge on any atom is 0.249 e. The van der Waals surface area contributed by atoms with Gasteiger partial charge in [-0.1, -0.05) is 41.4 Å². The lowest BCUT2D eigenvalue weighted by Crippen LogP contribution is -2.10. The molecule has 0 bridgehead atoms. The molecule has 5 heteroatoms. The first-order valence-corrected chi connectivity index (χ1v) is 8.71. The van der Waals surface area contributed by atoms with Gasteiger partial charge in [-0.3, -0.25) is 9.59 Å². The molecule has 1 N–H and O–H groups in total. The van der Waals surface area contributed by atoms with Crippen LogP contribution >= 0.6 is 11.6 Å². The minimum Gasteiger partial charge on any atom is -0.307 e. The number of carbonyl (C=O) groups is 2. The zero-order chi connectivity index (χ0) is 19.2. The van der Waals surface area contributed by atoms with Gasteiger partial charge in [0.1, 0.15) is 5.82 Å². The van der Waals surface area contributed by atoms with E-state index < -0.39 is 0 Å². The van der Waals surface area contributed by atoms with E-state index in [1.54, 1.807) is 42.5 Å². The zero-order valence-electron chi connectivity index (χ0n) is 14.6. The number of hydrogen-bond acceptors (Lipinski definition) is 3. The molecule has 0 spiro atoms. The molecule has 27 heavy (non-hydrogen) atoms. The summed E-state index contributed by atoms with van der Waals surface area (Å²) < 4.78 is 0. The second-order valence-corrected chi connectivity index (χ2v) is 6.44. The average molecular weight is 377 g/mol. The number of nitrogens with one attached hydrogen (secondary N) is 1. The number of ketones is 1. The van der Waals surface area contributed by atoms with E-state index in [9.17, 15) is 9.59 Å². The molecule has 0 saturated carbocycles. The van der Waals surface area contributed by atoms with Gasteiger partial charge < -0.3 is 5.32 Å². The topological polar surface area (TPSA) is 59.1 Å². The Morgan fingerprint density at radius 1 is 1.00 bits per heavy atom. The second kappa shape index (κ2) is 8.43. The number of hydrogen-bond donors (Lipinski definition) is 1. The molecule has 0 aliphatic carbocycles. The van der Waals surface area contributed by atoms with Gasteiger partial charge in [0.15, 0.2) is 5.78 Å². The van der Waals surface area contributed by atoms with Crippen LogP contribution in [0.2, 0.25) is 5.02 Å². The lowest BCUT2D eigenvalue weighted by molar-refractivity contribution is -0.111. The Balaban J connectivity index is 1.64. The van der Waals surface area contributed by atoms with Crippen molar-refractivity contribution in [3.05, 3.63) is 100 Å². The Kier molecular flexibility index (Phi) is 5.79. The van der Waals surface area contributed by atoms with Crippen molar-refractivity contribution in [1.82, 2.24) is 4.98 Å². The highest BCUT2D eigenvalue weighted by Gasteiger charge is 2.10. The number of aromatic nitrogens is 1. The van der Waals surface area contributed by atoms with Crippen LogP contribution in [-0.4, -0.2) is 16.7 Å². The molecular weight excluding hydrogens is 360 g/mol. The van der Waals surface area contributed by atoms with Gasteiger partial charge in [0.05, 0.1) is 0 Å². The molecule has 1 aromatic heterocycles. The van der Waals surface area contributed by atoms with E-state index in [0.717, 1.165) is 11.1 Å². The van der Waals surface area contributed by atoms with Crippen molar-refractivity contribution in [2.75, 3.05) is 5.32 Å². The maximum atomic E-state index is 12.4. The van der Waals surface area contributed by atoms with Crippen LogP contribution in [0.3, 0.4) is 0 Å². The molecule has 0 aliphatic rings. The number of halogens is 1. The number of rotatable bonds is 5. The minimum absolute atomic E-state index is 0.156. The molecule has 1 amide bonds. The van der Waals surface area contributed by atoms with E-state index in [2.05, 4.69) is 10.3 Å². The summed E-state index contributed by atoms with van der Waals surface area (Å²) in [5.74, 6) is -0.0706. The van der Waals surface area contributed by atoms with Gasteiger partial charge in [0.25, 0.3) is 0 Å². The van der Waals surface area contributed by atoms with E-state index in [1.807, 2.05) is 31.2 Å². The van der Waals surface area contributed by atoms with Crippen LogP contribution in [0.4, 0.5) is 5.82 Å². The molecule has 0 fully saturated rings. The van der Waals surface area contributed by atoms with Crippen molar-refractivity contribution in [1.29, 1.82) is 0 Å². The fourth-order valence-corrected chi connectivity index (χ4v) is 2.61. The van der Waals surface area contributed by atoms with Crippen molar-refractivity contribution in [2.45, 2.75) is 6.92 Å². The van der Waals surface area contributed by atoms with Crippen LogP contribution in [0.25, 0.3) is 6.08 Å². The van der Waals surface area contributed by atoms with Crippen molar-refractivity contribution >= 4 is 35.2 Å². The number of nitrogens with zero attached hydrogens (tertiary/aromatic N) is 1. The van der Waals surface area contributed by atoms with E-state index >= 15 is 0 Å². The first kappa shape index (κ1) is 18.5. The summed E-state index contributed by atoms with van der Waals surface area (Å²) >= 11 is 5.83. The summed E-state index contributed by atoms with van der Waals surface area (Å²) in [5.41, 5.74) is 3.03. The van der Waals surface area contributed by atoms with E-state index in [4.69, 9.17) is 11.6 Å². The van der Waals surface area contributed by atoms with Gasteiger partial charge in [-0.15, -0.1) is 0 Å². The summed E-state index contributed by atoms with van der Waals surface area (Å²) in [4.78, 5) is 28.6. The highest BCUT2D eigenvalue weighted by atomic mass is 35.5. The first-order chi connectivity index (χ1) is 13.0. The highest BCUT2D eigenvalue weighted by Crippen LogP contribution is 2.15. The average Bonchev–Trinajstić information content (AvgIpc) is 2.67. The largest absolute Gasteiger partial charge is 0.307 e. The van der Waals surface area contributed by atoms with Gasteiger partial charge in [0.2, 0.25) is 5.91 Å². The number of aryl methyl sites for hydroxylation is 1. The second-order valence-electron chi connectivity index (χ2n) is 6.00. The number of anilines is 1. The van der Waals surface area contributed by atoms with E-state index in [-0.39, 0.29) is 11.7 Å². The predicted octanol–water partition coefficient (Wildman–Crippen LogP) is 4.93. The lowest BCUT2D eigenvalue weighted by Gasteiger charge is -2.04. The van der Waals surface area contributed by atoms with Crippen molar-refractivity contribution in [2.24, 2.45) is 0 Å². The van der Waals surface area contributed by atoms with Crippen LogP contribution in [0.1, 0.15) is 27.0 Å². The predicted molar refractivity (Wildman–Crippen MR) is 108 cm³/mol. The Hall–Kier alpha value is -3.24. The SMILES string of the molecule is Cc1cccc(/C=C/C(=O)Nc2ccc(C(=O)c3ccc(Cl)cc3)cn2)c1. The first-order valence-electron chi connectivity index (χ1n) is 8.33. The third-order valence-corrected chi connectivity index (χ3v) is 4.10. The van der Waals surface area contributed by atoms with Crippen molar-refractivity contribution in [3.8, 4) is 0 Å². The summed E-state index contributed by atoms with van der Waals surface area (Å²) in [6.45, 7) is 1.99. The van der Waals surface area contributed by atoms with E-state index in [0.29, 0.717) is 22.0 Å². The third kappa shape index (κ3) is 5.12. The Morgan fingerprint density at radius 3 is 2.41 bits per heavy atom. The molecular formula is C22H17ClN2O2. The third-order valence-electron chi connectivity index (χ3n) is 3.85. The van der Waals surface area contributed by atoms with Crippen molar-refractivity contribution in [3.63, 3.8) is 0 Å². The fraction of sp³-hybridized carbons (Fsp3) is 0.0455. The normalized spacial score (nSPS) is 10.7. The molecule has 2 aromatic carbocycles. The standard InChI is InChI=1S/C22H17ClN2O2/c1-15-3-2-4-16(13-15)5-12-21(26)25-20-11-8-18(14-24-20)22(27)17-6-9-19(23)10-7-17/h2-14H,1H3,(H,24,25,26)/b12-5+. The molecule has 0 unspecified atom stereocenters. The van der Waals surface area contributed by atoms with Crippen LogP contribution < -0.4 is 5.32 Å². The molecule has 134 valence electrons. The summed E-state index contributed by atoms with van der Waals surface area (Å²) in [7, 11) is 0. The van der Waals surface area contributed by atoms with Gasteiger partial charge in [-0.05, 0) is 55.0 Å². The molecule has 1 heterocycles.